The van der Waals surface area contributed by atoms with Crippen LogP contribution in [0.1, 0.15) is 31.4 Å². The van der Waals surface area contributed by atoms with E-state index in [0.29, 0.717) is 25.3 Å². The summed E-state index contributed by atoms with van der Waals surface area (Å²) >= 11 is 1.41. The Bertz CT molecular complexity index is 903. The van der Waals surface area contributed by atoms with Crippen molar-refractivity contribution in [1.29, 1.82) is 0 Å². The van der Waals surface area contributed by atoms with Crippen LogP contribution in [0.25, 0.3) is 0 Å². The number of nitro groups is 1. The molecule has 2 aromatic carbocycles. The van der Waals surface area contributed by atoms with Crippen molar-refractivity contribution < 1.29 is 19.2 Å². The van der Waals surface area contributed by atoms with Crippen LogP contribution in [-0.4, -0.2) is 47.1 Å². The predicted molar refractivity (Wildman–Crippen MR) is 126 cm³/mol. The van der Waals surface area contributed by atoms with Crippen molar-refractivity contribution >= 4 is 29.3 Å². The molecule has 172 valence electrons. The second-order valence-corrected chi connectivity index (χ2v) is 8.09. The zero-order chi connectivity index (χ0) is 23.5. The van der Waals surface area contributed by atoms with Crippen LogP contribution >= 0.6 is 11.8 Å². The smallest absolute Gasteiger partial charge is 0.269 e. The number of benzene rings is 2. The Balaban J connectivity index is 2.09. The first-order chi connectivity index (χ1) is 15.4. The van der Waals surface area contributed by atoms with E-state index in [1.165, 1.54) is 23.9 Å². The third-order valence-corrected chi connectivity index (χ3v) is 5.88. The van der Waals surface area contributed by atoms with E-state index in [4.69, 9.17) is 4.74 Å². The predicted octanol–water partition coefficient (Wildman–Crippen LogP) is 3.78. The molecule has 0 unspecified atom stereocenters. The topological polar surface area (TPSA) is 102 Å². The SMILES string of the molecule is CCNC(=O)[C@H](CC)N(Cc1ccc(OC)cc1)C(=O)CSCc1ccc([N+](=O)[O-])cc1. The summed E-state index contributed by atoms with van der Waals surface area (Å²) in [5.41, 5.74) is 1.83. The number of hydrogen-bond donors (Lipinski definition) is 1. The van der Waals surface area contributed by atoms with Crippen molar-refractivity contribution in [2.24, 2.45) is 0 Å². The van der Waals surface area contributed by atoms with Crippen LogP contribution in [0.5, 0.6) is 5.75 Å². The number of rotatable bonds is 12. The Morgan fingerprint density at radius 3 is 2.25 bits per heavy atom. The Labute approximate surface area is 192 Å². The zero-order valence-corrected chi connectivity index (χ0v) is 19.4. The number of nitrogens with zero attached hydrogens (tertiary/aromatic N) is 2. The van der Waals surface area contributed by atoms with Crippen LogP contribution in [0.4, 0.5) is 5.69 Å². The van der Waals surface area contributed by atoms with Crippen LogP contribution < -0.4 is 10.1 Å². The van der Waals surface area contributed by atoms with E-state index in [2.05, 4.69) is 5.32 Å². The van der Waals surface area contributed by atoms with E-state index < -0.39 is 11.0 Å². The maximum absolute atomic E-state index is 13.1. The summed E-state index contributed by atoms with van der Waals surface area (Å²) in [6.07, 6.45) is 0.501. The standard InChI is InChI=1S/C23H29N3O5S/c1-4-21(23(28)24-5-2)25(14-17-8-12-20(31-3)13-9-17)22(27)16-32-15-18-6-10-19(11-7-18)26(29)30/h6-13,21H,4-5,14-16H2,1-3H3,(H,24,28)/t21-/m0/s1. The summed E-state index contributed by atoms with van der Waals surface area (Å²) in [5, 5.41) is 13.6. The lowest BCUT2D eigenvalue weighted by Gasteiger charge is -2.30. The number of amides is 2. The zero-order valence-electron chi connectivity index (χ0n) is 18.6. The lowest BCUT2D eigenvalue weighted by Crippen LogP contribution is -2.49. The van der Waals surface area contributed by atoms with Crippen molar-refractivity contribution in [3.8, 4) is 5.75 Å². The first-order valence-electron chi connectivity index (χ1n) is 10.4. The number of ether oxygens (including phenoxy) is 1. The summed E-state index contributed by atoms with van der Waals surface area (Å²) < 4.78 is 5.19. The van der Waals surface area contributed by atoms with Gasteiger partial charge in [-0.15, -0.1) is 11.8 Å². The Morgan fingerprint density at radius 1 is 1.09 bits per heavy atom. The molecule has 0 radical (unpaired) electrons. The molecule has 0 aliphatic heterocycles. The van der Waals surface area contributed by atoms with E-state index in [1.54, 1.807) is 24.1 Å². The monoisotopic (exact) mass is 459 g/mol. The van der Waals surface area contributed by atoms with Gasteiger partial charge in [-0.3, -0.25) is 19.7 Å². The number of carbonyl (C=O) groups is 2. The van der Waals surface area contributed by atoms with Crippen LogP contribution in [0, 0.1) is 10.1 Å². The van der Waals surface area contributed by atoms with Crippen LogP contribution in [0.15, 0.2) is 48.5 Å². The Hall–Kier alpha value is -3.07. The van der Waals surface area contributed by atoms with E-state index in [-0.39, 0.29) is 23.3 Å². The molecule has 0 bridgehead atoms. The summed E-state index contributed by atoms with van der Waals surface area (Å²) in [6.45, 7) is 4.55. The fourth-order valence-electron chi connectivity index (χ4n) is 3.19. The number of nitro benzene ring substituents is 1. The molecule has 8 nitrogen and oxygen atoms in total. The molecule has 9 heteroatoms. The molecule has 0 aliphatic carbocycles. The van der Waals surface area contributed by atoms with Gasteiger partial charge in [-0.05, 0) is 36.6 Å². The molecular weight excluding hydrogens is 430 g/mol. The highest BCUT2D eigenvalue weighted by Gasteiger charge is 2.28. The maximum atomic E-state index is 13.1. The van der Waals surface area contributed by atoms with E-state index in [1.807, 2.05) is 38.1 Å². The highest BCUT2D eigenvalue weighted by Crippen LogP contribution is 2.20. The van der Waals surface area contributed by atoms with Gasteiger partial charge in [-0.2, -0.15) is 0 Å². The van der Waals surface area contributed by atoms with Gasteiger partial charge in [0.05, 0.1) is 17.8 Å². The molecule has 2 amide bonds. The quantitative estimate of drug-likeness (QED) is 0.383. The summed E-state index contributed by atoms with van der Waals surface area (Å²) in [4.78, 5) is 37.7. The van der Waals surface area contributed by atoms with Gasteiger partial charge in [0.2, 0.25) is 11.8 Å². The minimum absolute atomic E-state index is 0.0354. The number of methoxy groups -OCH3 is 1. The van der Waals surface area contributed by atoms with Crippen molar-refractivity contribution in [1.82, 2.24) is 10.2 Å². The van der Waals surface area contributed by atoms with Gasteiger partial charge >= 0.3 is 0 Å². The summed E-state index contributed by atoms with van der Waals surface area (Å²) in [7, 11) is 1.59. The summed E-state index contributed by atoms with van der Waals surface area (Å²) in [5.74, 6) is 1.16. The van der Waals surface area contributed by atoms with Crippen LogP contribution in [0.3, 0.4) is 0 Å². The van der Waals surface area contributed by atoms with Crippen LogP contribution in [0.2, 0.25) is 0 Å². The Morgan fingerprint density at radius 2 is 1.72 bits per heavy atom. The molecule has 1 N–H and O–H groups in total. The summed E-state index contributed by atoms with van der Waals surface area (Å²) in [6, 6.07) is 13.1. The minimum atomic E-state index is -0.565. The fourth-order valence-corrected chi connectivity index (χ4v) is 4.06. The molecule has 0 spiro atoms. The van der Waals surface area contributed by atoms with Crippen molar-refractivity contribution in [2.45, 2.75) is 38.6 Å². The van der Waals surface area contributed by atoms with Crippen LogP contribution in [-0.2, 0) is 21.9 Å². The van der Waals surface area contributed by atoms with E-state index in [9.17, 15) is 19.7 Å². The molecule has 1 atom stereocenters. The van der Waals surface area contributed by atoms with Gasteiger partial charge in [-0.1, -0.05) is 31.2 Å². The maximum Gasteiger partial charge on any atom is 0.269 e. The third-order valence-electron chi connectivity index (χ3n) is 4.89. The number of carbonyl (C=O) groups excluding carboxylic acids is 2. The lowest BCUT2D eigenvalue weighted by atomic mass is 10.1. The van der Waals surface area contributed by atoms with E-state index >= 15 is 0 Å². The van der Waals surface area contributed by atoms with Gasteiger partial charge in [-0.25, -0.2) is 0 Å². The molecule has 2 aromatic rings. The van der Waals surface area contributed by atoms with Gasteiger partial charge in [0, 0.05) is 31.0 Å². The van der Waals surface area contributed by atoms with Crippen molar-refractivity contribution in [3.05, 3.63) is 69.8 Å². The number of thioether (sulfide) groups is 1. The highest BCUT2D eigenvalue weighted by molar-refractivity contribution is 7.99. The molecule has 2 rings (SSSR count). The molecular formula is C23H29N3O5S. The molecule has 0 saturated heterocycles. The van der Waals surface area contributed by atoms with Gasteiger partial charge < -0.3 is 15.0 Å². The molecule has 0 aromatic heterocycles. The van der Waals surface area contributed by atoms with Gasteiger partial charge in [0.15, 0.2) is 0 Å². The average molecular weight is 460 g/mol. The third kappa shape index (κ3) is 7.26. The van der Waals surface area contributed by atoms with Gasteiger partial charge in [0.1, 0.15) is 11.8 Å². The highest BCUT2D eigenvalue weighted by atomic mass is 32.2. The van der Waals surface area contributed by atoms with Gasteiger partial charge in [0.25, 0.3) is 5.69 Å². The second kappa shape index (κ2) is 12.7. The molecule has 32 heavy (non-hydrogen) atoms. The molecule has 0 fully saturated rings. The number of hydrogen-bond acceptors (Lipinski definition) is 6. The molecule has 0 aliphatic rings. The van der Waals surface area contributed by atoms with Crippen molar-refractivity contribution in [2.75, 3.05) is 19.4 Å². The first kappa shape index (κ1) is 25.2. The average Bonchev–Trinajstić information content (AvgIpc) is 2.79. The molecule has 0 saturated carbocycles. The lowest BCUT2D eigenvalue weighted by molar-refractivity contribution is -0.384. The number of nitrogens with one attached hydrogen (secondary N) is 1. The number of non-ortho nitro benzene ring substituents is 1. The normalized spacial score (nSPS) is 11.5. The van der Waals surface area contributed by atoms with Crippen molar-refractivity contribution in [3.63, 3.8) is 0 Å². The fraction of sp³-hybridized carbons (Fsp3) is 0.391. The Kier molecular flexibility index (Phi) is 10.0. The van der Waals surface area contributed by atoms with E-state index in [0.717, 1.165) is 16.9 Å². The minimum Gasteiger partial charge on any atom is -0.497 e. The number of likely N-dealkylation sites (N-methyl/N-ethyl adjacent to an activating group) is 1. The first-order valence-corrected chi connectivity index (χ1v) is 11.6. The largest absolute Gasteiger partial charge is 0.497 e. The second-order valence-electron chi connectivity index (χ2n) is 7.10. The molecule has 0 heterocycles.